The number of benzene rings is 5. The predicted molar refractivity (Wildman–Crippen MR) is 209 cm³/mol. The van der Waals surface area contributed by atoms with Gasteiger partial charge in [-0.05, 0) is 134 Å². The number of fused-ring (bicyclic) bond motifs is 2. The summed E-state index contributed by atoms with van der Waals surface area (Å²) in [7, 11) is -4.79. The minimum atomic E-state index is -2.41. The molecule has 0 amide bonds. The summed E-state index contributed by atoms with van der Waals surface area (Å²) in [6.07, 6.45) is 21.1. The van der Waals surface area contributed by atoms with Crippen molar-refractivity contribution in [2.24, 2.45) is 0 Å². The fourth-order valence-electron chi connectivity index (χ4n) is 9.79. The van der Waals surface area contributed by atoms with E-state index in [2.05, 4.69) is 161 Å². The Hall–Kier alpha value is -3.20. The van der Waals surface area contributed by atoms with Crippen molar-refractivity contribution in [3.8, 4) is 0 Å². The van der Waals surface area contributed by atoms with Crippen molar-refractivity contribution in [1.29, 1.82) is 0 Å². The van der Waals surface area contributed by atoms with Crippen LogP contribution in [0.3, 0.4) is 0 Å². The molecule has 0 radical (unpaired) electrons. The summed E-state index contributed by atoms with van der Waals surface area (Å²) in [5.74, 6) is 1.08. The lowest BCUT2D eigenvalue weighted by molar-refractivity contribution is 0.677. The second-order valence-electron chi connectivity index (χ2n) is 18.3. The smallest absolute Gasteiger partial charge is 0.0359 e. The van der Waals surface area contributed by atoms with Crippen LogP contribution in [0.4, 0.5) is 0 Å². The molecule has 0 spiro atoms. The molecule has 2 atom stereocenters. The number of hydrogen-bond donors (Lipinski definition) is 2. The fraction of sp³-hybridized carbons (Fsp3) is 0.318. The largest absolute Gasteiger partial charge is 0.271 e. The lowest BCUT2D eigenvalue weighted by atomic mass is 9.59. The molecule has 0 aromatic heterocycles. The summed E-state index contributed by atoms with van der Waals surface area (Å²) < 4.78 is 0. The molecule has 5 aromatic carbocycles. The molecule has 0 saturated heterocycles. The highest BCUT2D eigenvalue weighted by molar-refractivity contribution is 8.48. The zero-order valence-corrected chi connectivity index (χ0v) is 31.2. The zero-order valence-electron chi connectivity index (χ0n) is 29.4. The van der Waals surface area contributed by atoms with Gasteiger partial charge in [0.15, 0.2) is 0 Å². The van der Waals surface area contributed by atoms with Gasteiger partial charge in [0.05, 0.1) is 0 Å². The van der Waals surface area contributed by atoms with Crippen molar-refractivity contribution in [2.75, 3.05) is 50.0 Å². The molecule has 0 nitrogen and oxygen atoms in total. The zero-order chi connectivity index (χ0) is 32.6. The van der Waals surface area contributed by atoms with Gasteiger partial charge in [0.25, 0.3) is 0 Å². The Bertz CT molecular complexity index is 2050. The number of rotatable bonds is 3. The third kappa shape index (κ3) is 4.15. The van der Waals surface area contributed by atoms with E-state index in [-0.39, 0.29) is 17.8 Å². The second kappa shape index (κ2) is 9.24. The molecule has 240 valence electrons. The second-order valence-corrected chi connectivity index (χ2v) is 33.5. The third-order valence-electron chi connectivity index (χ3n) is 11.2. The standard InChI is InChI=1S/C44H52S2/c1-27-19-11-12-20-29(27)37-31-22-14-13-21-30(31)28(2)36-40(37)44(46(7,8,9)10)42-39-34-25-17-15-23-32(34)38(33-24-16-18-26-35(33)39)41(42)43(36)45(3,4,5)6/h11-26,28,37-39,45-46H,1-10H3. The van der Waals surface area contributed by atoms with E-state index < -0.39 is 18.3 Å². The van der Waals surface area contributed by atoms with Crippen molar-refractivity contribution < 1.29 is 0 Å². The van der Waals surface area contributed by atoms with Gasteiger partial charge in [-0.25, -0.2) is 0 Å². The highest BCUT2D eigenvalue weighted by Crippen LogP contribution is 2.78. The Morgan fingerprint density at radius 1 is 0.370 bits per heavy atom. The van der Waals surface area contributed by atoms with E-state index in [9.17, 15) is 0 Å². The molecule has 2 heteroatoms. The van der Waals surface area contributed by atoms with Crippen LogP contribution in [-0.2, 0) is 0 Å². The van der Waals surface area contributed by atoms with Gasteiger partial charge in [-0.1, -0.05) is 104 Å². The average molecular weight is 645 g/mol. The van der Waals surface area contributed by atoms with E-state index in [1.807, 2.05) is 0 Å². The lowest BCUT2D eigenvalue weighted by Crippen LogP contribution is -2.36. The SMILES string of the molecule is Cc1ccccc1C1c2ccccc2C(C)c2c1c([SH](C)(C)(C)C)c1c(c2[SH](C)(C)(C)C)C2c3ccccc3C1c1ccccc12. The van der Waals surface area contributed by atoms with Gasteiger partial charge in [-0.15, -0.1) is 0 Å². The molecule has 5 aromatic rings. The van der Waals surface area contributed by atoms with Crippen LogP contribution in [0, 0.1) is 6.92 Å². The number of hydrogen-bond acceptors (Lipinski definition) is 0. The predicted octanol–water partition coefficient (Wildman–Crippen LogP) is 10.5. The van der Waals surface area contributed by atoms with E-state index in [1.54, 1.807) is 32.0 Å². The van der Waals surface area contributed by atoms with E-state index in [1.165, 1.54) is 44.5 Å². The molecule has 0 heterocycles. The highest BCUT2D eigenvalue weighted by Gasteiger charge is 2.52. The Balaban J connectivity index is 1.67. The van der Waals surface area contributed by atoms with Crippen LogP contribution >= 0.6 is 18.3 Å². The van der Waals surface area contributed by atoms with Gasteiger partial charge >= 0.3 is 0 Å². The Kier molecular flexibility index (Phi) is 6.05. The summed E-state index contributed by atoms with van der Waals surface area (Å²) in [4.78, 5) is 3.44. The van der Waals surface area contributed by atoms with Crippen molar-refractivity contribution in [2.45, 2.75) is 47.3 Å². The van der Waals surface area contributed by atoms with E-state index in [4.69, 9.17) is 0 Å². The molecule has 0 saturated carbocycles. The fourth-order valence-corrected chi connectivity index (χ4v) is 14.7. The molecular formula is C44H52S2. The first-order valence-corrected chi connectivity index (χ1v) is 25.1. The summed E-state index contributed by atoms with van der Waals surface area (Å²) in [6, 6.07) is 37.6. The number of thiol groups is 2. The highest BCUT2D eigenvalue weighted by atomic mass is 32.3. The minimum Gasteiger partial charge on any atom is -0.271 e. The van der Waals surface area contributed by atoms with Gasteiger partial charge in [0, 0.05) is 23.7 Å². The van der Waals surface area contributed by atoms with Crippen LogP contribution in [0.1, 0.15) is 97.4 Å². The molecular weight excluding hydrogens is 593 g/mol. The molecule has 0 fully saturated rings. The molecule has 4 aliphatic carbocycles. The molecule has 4 aliphatic rings. The maximum absolute atomic E-state index is 2.64. The Morgan fingerprint density at radius 2 is 0.652 bits per heavy atom. The molecule has 9 rings (SSSR count). The minimum absolute atomic E-state index is 0.216. The monoisotopic (exact) mass is 644 g/mol. The van der Waals surface area contributed by atoms with Crippen LogP contribution in [0.25, 0.3) is 0 Å². The van der Waals surface area contributed by atoms with Gasteiger partial charge < -0.3 is 0 Å². The molecule has 46 heavy (non-hydrogen) atoms. The van der Waals surface area contributed by atoms with Gasteiger partial charge in [0.1, 0.15) is 0 Å². The van der Waals surface area contributed by atoms with Crippen LogP contribution in [0.2, 0.25) is 0 Å². The molecule has 0 N–H and O–H groups in total. The Labute approximate surface area is 278 Å². The van der Waals surface area contributed by atoms with E-state index in [0.29, 0.717) is 5.92 Å². The lowest BCUT2D eigenvalue weighted by Gasteiger charge is -2.60. The van der Waals surface area contributed by atoms with Crippen molar-refractivity contribution in [1.82, 2.24) is 0 Å². The summed E-state index contributed by atoms with van der Waals surface area (Å²) in [5, 5.41) is 0. The van der Waals surface area contributed by atoms with Crippen LogP contribution in [0.15, 0.2) is 107 Å². The van der Waals surface area contributed by atoms with Crippen LogP contribution in [-0.4, -0.2) is 50.0 Å². The summed E-state index contributed by atoms with van der Waals surface area (Å²) in [5.41, 5.74) is 18.7. The first-order valence-electron chi connectivity index (χ1n) is 17.1. The van der Waals surface area contributed by atoms with Gasteiger partial charge in [-0.2, -0.15) is 0 Å². The summed E-state index contributed by atoms with van der Waals surface area (Å²) >= 11 is 0. The first-order chi connectivity index (χ1) is 21.5. The Morgan fingerprint density at radius 3 is 1.04 bits per heavy atom. The maximum Gasteiger partial charge on any atom is 0.0359 e. The van der Waals surface area contributed by atoms with Crippen molar-refractivity contribution >= 4 is 18.3 Å². The quantitative estimate of drug-likeness (QED) is 0.176. The van der Waals surface area contributed by atoms with Gasteiger partial charge in [-0.3, -0.25) is 18.3 Å². The van der Waals surface area contributed by atoms with E-state index >= 15 is 0 Å². The average Bonchev–Trinajstić information content (AvgIpc) is 2.99. The topological polar surface area (TPSA) is 0 Å². The van der Waals surface area contributed by atoms with Crippen LogP contribution in [0.5, 0.6) is 0 Å². The number of aryl methyl sites for hydroxylation is 1. The van der Waals surface area contributed by atoms with E-state index in [0.717, 1.165) is 0 Å². The van der Waals surface area contributed by atoms with Gasteiger partial charge in [0.2, 0.25) is 0 Å². The van der Waals surface area contributed by atoms with Crippen LogP contribution < -0.4 is 0 Å². The first kappa shape index (κ1) is 30.2. The molecule has 0 aliphatic heterocycles. The normalized spacial score (nSPS) is 22.7. The summed E-state index contributed by atoms with van der Waals surface area (Å²) in [6.45, 7) is 4.86. The maximum atomic E-state index is 2.64. The third-order valence-corrected chi connectivity index (χ3v) is 15.7. The van der Waals surface area contributed by atoms with Crippen molar-refractivity contribution in [3.63, 3.8) is 0 Å². The van der Waals surface area contributed by atoms with Crippen molar-refractivity contribution in [3.05, 3.63) is 164 Å². The molecule has 2 bridgehead atoms. The molecule has 2 unspecified atom stereocenters.